The molecule has 1 aliphatic rings. The fourth-order valence-corrected chi connectivity index (χ4v) is 1.41. The van der Waals surface area contributed by atoms with E-state index in [0.717, 1.165) is 0 Å². The predicted molar refractivity (Wildman–Crippen MR) is 38.7 cm³/mol. The lowest BCUT2D eigenvalue weighted by molar-refractivity contribution is -0.145. The molecule has 0 unspecified atom stereocenters. The highest BCUT2D eigenvalue weighted by molar-refractivity contribution is 5.72. The molecule has 11 heavy (non-hydrogen) atoms. The number of aliphatic hydroxyl groups is 1. The fraction of sp³-hybridized carbons (Fsp3) is 0.857. The van der Waals surface area contributed by atoms with Crippen LogP contribution in [0.5, 0.6) is 0 Å². The maximum Gasteiger partial charge on any atom is 0.308 e. The molecule has 1 saturated carbocycles. The molecular formula is C7H13NO3. The average molecular weight is 159 g/mol. The molecule has 64 valence electrons. The van der Waals surface area contributed by atoms with E-state index in [4.69, 9.17) is 5.73 Å². The third-order valence-electron chi connectivity index (χ3n) is 2.11. The Morgan fingerprint density at radius 2 is 2.27 bits per heavy atom. The van der Waals surface area contributed by atoms with Gasteiger partial charge in [0.05, 0.1) is 19.1 Å². The first-order valence-electron chi connectivity index (χ1n) is 3.66. The number of ether oxygens (including phenoxy) is 1. The number of carbonyl (C=O) groups is 1. The summed E-state index contributed by atoms with van der Waals surface area (Å²) in [5.74, 6) is -0.470. The van der Waals surface area contributed by atoms with Gasteiger partial charge in [0.2, 0.25) is 0 Å². The highest BCUT2D eigenvalue weighted by Gasteiger charge is 2.35. The monoisotopic (exact) mass is 159 g/mol. The van der Waals surface area contributed by atoms with Gasteiger partial charge in [-0.2, -0.15) is 0 Å². The van der Waals surface area contributed by atoms with Crippen LogP contribution in [0.1, 0.15) is 12.8 Å². The van der Waals surface area contributed by atoms with E-state index >= 15 is 0 Å². The van der Waals surface area contributed by atoms with E-state index in [1.54, 1.807) is 0 Å². The Morgan fingerprint density at radius 3 is 2.64 bits per heavy atom. The molecule has 0 bridgehead atoms. The SMILES string of the molecule is COC(=O)[C@H]1C[C@@H](O)[C@@H](N)C1. The summed E-state index contributed by atoms with van der Waals surface area (Å²) in [5, 5.41) is 9.18. The minimum Gasteiger partial charge on any atom is -0.469 e. The molecule has 0 radical (unpaired) electrons. The standard InChI is InChI=1S/C7H13NO3/c1-11-7(10)4-2-5(8)6(9)3-4/h4-6,9H,2-3,8H2,1H3/t4-,5+,6-/m1/s1. The quantitative estimate of drug-likeness (QED) is 0.494. The number of nitrogens with two attached hydrogens (primary N) is 1. The number of hydrogen-bond acceptors (Lipinski definition) is 4. The van der Waals surface area contributed by atoms with Gasteiger partial charge in [-0.25, -0.2) is 0 Å². The number of aliphatic hydroxyl groups excluding tert-OH is 1. The molecule has 0 saturated heterocycles. The van der Waals surface area contributed by atoms with Crippen molar-refractivity contribution in [2.75, 3.05) is 7.11 Å². The first-order chi connectivity index (χ1) is 5.15. The molecule has 0 aromatic rings. The van der Waals surface area contributed by atoms with Crippen LogP contribution in [-0.2, 0) is 9.53 Å². The number of methoxy groups -OCH3 is 1. The molecule has 0 aromatic carbocycles. The van der Waals surface area contributed by atoms with Crippen LogP contribution in [0.3, 0.4) is 0 Å². The van der Waals surface area contributed by atoms with Gasteiger partial charge in [0, 0.05) is 6.04 Å². The van der Waals surface area contributed by atoms with Crippen molar-refractivity contribution in [3.63, 3.8) is 0 Å². The van der Waals surface area contributed by atoms with E-state index in [1.165, 1.54) is 7.11 Å². The van der Waals surface area contributed by atoms with Crippen molar-refractivity contribution in [1.29, 1.82) is 0 Å². The second kappa shape index (κ2) is 3.19. The number of carbonyl (C=O) groups excluding carboxylic acids is 1. The Hall–Kier alpha value is -0.610. The fourth-order valence-electron chi connectivity index (χ4n) is 1.41. The molecular weight excluding hydrogens is 146 g/mol. The van der Waals surface area contributed by atoms with Gasteiger partial charge in [-0.05, 0) is 12.8 Å². The second-order valence-electron chi connectivity index (χ2n) is 2.92. The predicted octanol–water partition coefficient (Wildman–Crippen LogP) is -0.742. The molecule has 1 fully saturated rings. The highest BCUT2D eigenvalue weighted by Crippen LogP contribution is 2.25. The van der Waals surface area contributed by atoms with Crippen LogP contribution in [0.15, 0.2) is 0 Å². The Balaban J connectivity index is 2.46. The minimum atomic E-state index is -0.543. The first kappa shape index (κ1) is 8.49. The van der Waals surface area contributed by atoms with Crippen molar-refractivity contribution in [2.24, 2.45) is 11.7 Å². The van der Waals surface area contributed by atoms with Gasteiger partial charge in [0.1, 0.15) is 0 Å². The third kappa shape index (κ3) is 1.70. The molecule has 1 aliphatic carbocycles. The van der Waals surface area contributed by atoms with Gasteiger partial charge in [0.25, 0.3) is 0 Å². The topological polar surface area (TPSA) is 72.5 Å². The van der Waals surface area contributed by atoms with Gasteiger partial charge in [-0.3, -0.25) is 4.79 Å². The number of rotatable bonds is 1. The molecule has 3 atom stereocenters. The second-order valence-corrected chi connectivity index (χ2v) is 2.92. The molecule has 0 amide bonds. The summed E-state index contributed by atoms with van der Waals surface area (Å²) in [4.78, 5) is 10.9. The van der Waals surface area contributed by atoms with Gasteiger partial charge in [-0.15, -0.1) is 0 Å². The van der Waals surface area contributed by atoms with Crippen LogP contribution in [-0.4, -0.2) is 30.3 Å². The van der Waals surface area contributed by atoms with Gasteiger partial charge in [-0.1, -0.05) is 0 Å². The summed E-state index contributed by atoms with van der Waals surface area (Å²) in [7, 11) is 1.35. The zero-order chi connectivity index (χ0) is 8.43. The molecule has 1 rings (SSSR count). The van der Waals surface area contributed by atoms with Crippen LogP contribution in [0.4, 0.5) is 0 Å². The van der Waals surface area contributed by atoms with Crippen molar-refractivity contribution in [2.45, 2.75) is 25.0 Å². The summed E-state index contributed by atoms with van der Waals surface area (Å²) in [6, 6.07) is -0.265. The average Bonchev–Trinajstić information content (AvgIpc) is 2.31. The lowest BCUT2D eigenvalue weighted by Gasteiger charge is -2.04. The van der Waals surface area contributed by atoms with Crippen LogP contribution < -0.4 is 5.73 Å². The van der Waals surface area contributed by atoms with Gasteiger partial charge >= 0.3 is 5.97 Å². The zero-order valence-corrected chi connectivity index (χ0v) is 6.49. The lowest BCUT2D eigenvalue weighted by atomic mass is 10.1. The minimum absolute atomic E-state index is 0.204. The van der Waals surface area contributed by atoms with Crippen molar-refractivity contribution >= 4 is 5.97 Å². The van der Waals surface area contributed by atoms with E-state index in [9.17, 15) is 9.90 Å². The number of hydrogen-bond donors (Lipinski definition) is 2. The Labute approximate surface area is 65.3 Å². The largest absolute Gasteiger partial charge is 0.469 e. The van der Waals surface area contributed by atoms with E-state index in [2.05, 4.69) is 4.74 Å². The molecule has 3 N–H and O–H groups in total. The zero-order valence-electron chi connectivity index (χ0n) is 6.49. The maximum atomic E-state index is 10.9. The van der Waals surface area contributed by atoms with Crippen LogP contribution >= 0.6 is 0 Å². The summed E-state index contributed by atoms with van der Waals surface area (Å²) in [5.41, 5.74) is 5.50. The van der Waals surface area contributed by atoms with E-state index in [1.807, 2.05) is 0 Å². The van der Waals surface area contributed by atoms with E-state index in [-0.39, 0.29) is 17.9 Å². The number of esters is 1. The molecule has 0 aromatic heterocycles. The third-order valence-corrected chi connectivity index (χ3v) is 2.11. The molecule has 0 heterocycles. The Bertz CT molecular complexity index is 150. The van der Waals surface area contributed by atoms with Crippen LogP contribution in [0.2, 0.25) is 0 Å². The van der Waals surface area contributed by atoms with Crippen molar-refractivity contribution in [3.05, 3.63) is 0 Å². The van der Waals surface area contributed by atoms with Crippen LogP contribution in [0.25, 0.3) is 0 Å². The maximum absolute atomic E-state index is 10.9. The molecule has 0 aliphatic heterocycles. The van der Waals surface area contributed by atoms with Crippen molar-refractivity contribution in [3.8, 4) is 0 Å². The van der Waals surface area contributed by atoms with Gasteiger partial charge < -0.3 is 15.6 Å². The lowest BCUT2D eigenvalue weighted by Crippen LogP contribution is -2.28. The molecule has 4 heteroatoms. The Kier molecular flexibility index (Phi) is 2.46. The van der Waals surface area contributed by atoms with E-state index < -0.39 is 6.10 Å². The summed E-state index contributed by atoms with van der Waals surface area (Å²) in [6.07, 6.45) is 0.431. The Morgan fingerprint density at radius 1 is 1.64 bits per heavy atom. The summed E-state index contributed by atoms with van der Waals surface area (Å²) >= 11 is 0. The summed E-state index contributed by atoms with van der Waals surface area (Å²) < 4.78 is 4.53. The summed E-state index contributed by atoms with van der Waals surface area (Å²) in [6.45, 7) is 0. The molecule has 4 nitrogen and oxygen atoms in total. The normalized spacial score (nSPS) is 37.2. The highest BCUT2D eigenvalue weighted by atomic mass is 16.5. The van der Waals surface area contributed by atoms with Gasteiger partial charge in [0.15, 0.2) is 0 Å². The first-order valence-corrected chi connectivity index (χ1v) is 3.66. The smallest absolute Gasteiger partial charge is 0.308 e. The van der Waals surface area contributed by atoms with Crippen LogP contribution in [0, 0.1) is 5.92 Å². The van der Waals surface area contributed by atoms with Crippen molar-refractivity contribution in [1.82, 2.24) is 0 Å². The van der Waals surface area contributed by atoms with E-state index in [0.29, 0.717) is 12.8 Å². The molecule has 0 spiro atoms. The van der Waals surface area contributed by atoms with Crippen molar-refractivity contribution < 1.29 is 14.6 Å².